The Morgan fingerprint density at radius 3 is 1.03 bits per heavy atom. The van der Waals surface area contributed by atoms with Crippen LogP contribution in [0.3, 0.4) is 0 Å². The fourth-order valence-corrected chi connectivity index (χ4v) is 10.3. The fraction of sp³-hybridized carbons (Fsp3) is 0.0159. The molecule has 1 aliphatic rings. The molecule has 0 N–H and O–H groups in total. The lowest BCUT2D eigenvalue weighted by molar-refractivity contribution is 0.768. The molecule has 2 heterocycles. The third-order valence-corrected chi connectivity index (χ3v) is 13.3. The van der Waals surface area contributed by atoms with Crippen molar-refractivity contribution >= 4 is 0 Å². The van der Waals surface area contributed by atoms with E-state index in [1.165, 1.54) is 38.9 Å². The van der Waals surface area contributed by atoms with E-state index in [1.54, 1.807) is 12.7 Å². The number of fused-ring (bicyclic) bond motifs is 3. The van der Waals surface area contributed by atoms with Crippen LogP contribution in [0.5, 0.6) is 0 Å². The second-order valence-corrected chi connectivity index (χ2v) is 17.1. The molecule has 2 aromatic heterocycles. The van der Waals surface area contributed by atoms with E-state index in [4.69, 9.17) is 0 Å². The monoisotopic (exact) mass is 854 g/mol. The molecular weight excluding hydrogens is 813 g/mol. The number of nitrogens with zero attached hydrogens (tertiary/aromatic N) is 4. The Hall–Kier alpha value is -8.86. The summed E-state index contributed by atoms with van der Waals surface area (Å²) < 4.78 is 0. The average Bonchev–Trinajstić information content (AvgIpc) is 3.73. The molecule has 1 aliphatic carbocycles. The molecule has 0 atom stereocenters. The third-order valence-electron chi connectivity index (χ3n) is 13.3. The molecule has 0 saturated heterocycles. The zero-order valence-corrected chi connectivity index (χ0v) is 36.5. The molecule has 0 aliphatic heterocycles. The Morgan fingerprint density at radius 2 is 0.567 bits per heavy atom. The molecule has 0 fully saturated rings. The highest BCUT2D eigenvalue weighted by molar-refractivity contribution is 5.97. The first-order valence-electron chi connectivity index (χ1n) is 22.6. The molecule has 67 heavy (non-hydrogen) atoms. The molecule has 0 saturated carbocycles. The van der Waals surface area contributed by atoms with Gasteiger partial charge in [0.2, 0.25) is 0 Å². The summed E-state index contributed by atoms with van der Waals surface area (Å²) in [5, 5.41) is 0. The summed E-state index contributed by atoms with van der Waals surface area (Å²) in [4.78, 5) is 17.1. The molecule has 0 amide bonds. The van der Waals surface area contributed by atoms with Gasteiger partial charge in [-0.2, -0.15) is 0 Å². The summed E-state index contributed by atoms with van der Waals surface area (Å²) in [6.45, 7) is 0. The normalized spacial score (nSPS) is 12.3. The number of benzene rings is 9. The lowest BCUT2D eigenvalue weighted by Crippen LogP contribution is -2.28. The molecule has 4 nitrogen and oxygen atoms in total. The summed E-state index contributed by atoms with van der Waals surface area (Å²) in [6, 6.07) is 80.2. The van der Waals surface area contributed by atoms with Gasteiger partial charge in [0.1, 0.15) is 12.7 Å². The van der Waals surface area contributed by atoms with Gasteiger partial charge in [-0.05, 0) is 143 Å². The molecular formula is C63H42N4. The standard InChI is InChI=1S/C63H42N4/c1-3-22-56(23-4-1)63(57-24-5-2-6-25-57)60-28-8-7-26-59(60)62-58(27-13-29-61(62)63)53-35-51(47-18-9-14-43(30-47)45-16-11-20-49(32-45)54-37-64-41-65-38-54)34-52(36-53)48-19-10-15-44(31-48)46-17-12-21-50(33-46)55-39-66-42-67-40-55/h1-42H. The molecule has 0 unspecified atom stereocenters. The Kier molecular flexibility index (Phi) is 10.0. The van der Waals surface area contributed by atoms with Crippen LogP contribution >= 0.6 is 0 Å². The first kappa shape index (κ1) is 39.7. The summed E-state index contributed by atoms with van der Waals surface area (Å²) >= 11 is 0. The van der Waals surface area contributed by atoms with Gasteiger partial charge in [0.25, 0.3) is 0 Å². The first-order chi connectivity index (χ1) is 33.2. The SMILES string of the molecule is c1ccc(C2(c3ccccc3)c3ccccc3-c3c(-c4cc(-c5cccc(-c6cccc(-c7cncnc7)c6)c5)cc(-c5cccc(-c6cccc(-c7cncnc7)c6)c5)c4)cccc32)cc1. The van der Waals surface area contributed by atoms with Gasteiger partial charge in [0.05, 0.1) is 5.41 Å². The Labute approximate surface area is 390 Å². The minimum Gasteiger partial charge on any atom is -0.244 e. The van der Waals surface area contributed by atoms with Crippen LogP contribution in [0.1, 0.15) is 22.3 Å². The molecule has 12 rings (SSSR count). The van der Waals surface area contributed by atoms with E-state index in [2.05, 4.69) is 238 Å². The first-order valence-corrected chi connectivity index (χ1v) is 22.6. The number of hydrogen-bond donors (Lipinski definition) is 0. The predicted octanol–water partition coefficient (Wildman–Crippen LogP) is 15.3. The predicted molar refractivity (Wildman–Crippen MR) is 273 cm³/mol. The van der Waals surface area contributed by atoms with Gasteiger partial charge in [0, 0.05) is 35.9 Å². The second kappa shape index (κ2) is 16.9. The van der Waals surface area contributed by atoms with Gasteiger partial charge in [-0.25, -0.2) is 19.9 Å². The van der Waals surface area contributed by atoms with Crippen LogP contribution in [0.4, 0.5) is 0 Å². The maximum absolute atomic E-state index is 4.28. The Balaban J connectivity index is 1.06. The lowest BCUT2D eigenvalue weighted by atomic mass is 9.67. The zero-order valence-electron chi connectivity index (χ0n) is 36.5. The van der Waals surface area contributed by atoms with E-state index in [1.807, 2.05) is 24.8 Å². The van der Waals surface area contributed by atoms with Crippen LogP contribution in [0, 0.1) is 0 Å². The van der Waals surface area contributed by atoms with Crippen LogP contribution in [0.15, 0.2) is 256 Å². The van der Waals surface area contributed by atoms with E-state index < -0.39 is 5.41 Å². The summed E-state index contributed by atoms with van der Waals surface area (Å²) in [6.07, 6.45) is 10.6. The van der Waals surface area contributed by atoms with Gasteiger partial charge < -0.3 is 0 Å². The van der Waals surface area contributed by atoms with Crippen molar-refractivity contribution in [1.82, 2.24) is 19.9 Å². The van der Waals surface area contributed by atoms with Crippen LogP contribution in [0.25, 0.3) is 89.0 Å². The molecule has 0 spiro atoms. The Morgan fingerprint density at radius 1 is 0.239 bits per heavy atom. The maximum atomic E-state index is 4.28. The summed E-state index contributed by atoms with van der Waals surface area (Å²) in [7, 11) is 0. The van der Waals surface area contributed by atoms with Crippen molar-refractivity contribution in [1.29, 1.82) is 0 Å². The van der Waals surface area contributed by atoms with E-state index in [0.29, 0.717) is 0 Å². The van der Waals surface area contributed by atoms with Crippen molar-refractivity contribution in [3.8, 4) is 89.0 Å². The minimum absolute atomic E-state index is 0.506. The van der Waals surface area contributed by atoms with Crippen molar-refractivity contribution in [3.05, 3.63) is 278 Å². The fourth-order valence-electron chi connectivity index (χ4n) is 10.3. The van der Waals surface area contributed by atoms with Gasteiger partial charge in [-0.1, -0.05) is 176 Å². The highest BCUT2D eigenvalue weighted by Gasteiger charge is 2.46. The van der Waals surface area contributed by atoms with Crippen LogP contribution in [-0.2, 0) is 5.41 Å². The largest absolute Gasteiger partial charge is 0.244 e. The zero-order chi connectivity index (χ0) is 44.6. The maximum Gasteiger partial charge on any atom is 0.115 e. The van der Waals surface area contributed by atoms with Crippen molar-refractivity contribution in [2.24, 2.45) is 0 Å². The van der Waals surface area contributed by atoms with Gasteiger partial charge in [0.15, 0.2) is 0 Å². The average molecular weight is 855 g/mol. The minimum atomic E-state index is -0.506. The molecule has 9 aromatic carbocycles. The van der Waals surface area contributed by atoms with Crippen molar-refractivity contribution in [2.45, 2.75) is 5.41 Å². The van der Waals surface area contributed by atoms with Gasteiger partial charge >= 0.3 is 0 Å². The van der Waals surface area contributed by atoms with Crippen molar-refractivity contribution < 1.29 is 0 Å². The van der Waals surface area contributed by atoms with Gasteiger partial charge in [-0.3, -0.25) is 0 Å². The highest BCUT2D eigenvalue weighted by Crippen LogP contribution is 2.58. The quantitative estimate of drug-likeness (QED) is 0.145. The van der Waals surface area contributed by atoms with Gasteiger partial charge in [-0.15, -0.1) is 0 Å². The van der Waals surface area contributed by atoms with E-state index >= 15 is 0 Å². The highest BCUT2D eigenvalue weighted by atomic mass is 14.8. The summed E-state index contributed by atoms with van der Waals surface area (Å²) in [5.74, 6) is 0. The molecule has 0 radical (unpaired) electrons. The second-order valence-electron chi connectivity index (χ2n) is 17.1. The molecule has 314 valence electrons. The van der Waals surface area contributed by atoms with Crippen molar-refractivity contribution in [3.63, 3.8) is 0 Å². The van der Waals surface area contributed by atoms with Crippen LogP contribution < -0.4 is 0 Å². The molecule has 11 aromatic rings. The number of hydrogen-bond acceptors (Lipinski definition) is 4. The van der Waals surface area contributed by atoms with Crippen LogP contribution in [-0.4, -0.2) is 19.9 Å². The third kappa shape index (κ3) is 7.13. The van der Waals surface area contributed by atoms with Crippen LogP contribution in [0.2, 0.25) is 0 Å². The molecule has 0 bridgehead atoms. The topological polar surface area (TPSA) is 51.6 Å². The van der Waals surface area contributed by atoms with E-state index in [0.717, 1.165) is 72.3 Å². The number of rotatable bonds is 9. The summed E-state index contributed by atoms with van der Waals surface area (Å²) in [5.41, 5.74) is 22.7. The van der Waals surface area contributed by atoms with Crippen molar-refractivity contribution in [2.75, 3.05) is 0 Å². The van der Waals surface area contributed by atoms with E-state index in [-0.39, 0.29) is 0 Å². The van der Waals surface area contributed by atoms with E-state index in [9.17, 15) is 0 Å². The smallest absolute Gasteiger partial charge is 0.115 e. The lowest BCUT2D eigenvalue weighted by Gasteiger charge is -2.34. The molecule has 4 heteroatoms. The number of aromatic nitrogens is 4. The Bertz CT molecular complexity index is 3390.